The summed E-state index contributed by atoms with van der Waals surface area (Å²) >= 11 is 0. The van der Waals surface area contributed by atoms with E-state index in [0.717, 1.165) is 38.0 Å². The maximum atomic E-state index is 12.3. The van der Waals surface area contributed by atoms with Crippen LogP contribution in [0, 0.1) is 46.3 Å². The van der Waals surface area contributed by atoms with Crippen LogP contribution in [0.5, 0.6) is 0 Å². The van der Waals surface area contributed by atoms with E-state index in [4.69, 9.17) is 0 Å². The van der Waals surface area contributed by atoms with Crippen molar-refractivity contribution in [2.45, 2.75) is 123 Å². The molecule has 180 valence electrons. The van der Waals surface area contributed by atoms with Gasteiger partial charge in [0.25, 0.3) is 0 Å². The van der Waals surface area contributed by atoms with E-state index in [1.54, 1.807) is 0 Å². The van der Waals surface area contributed by atoms with Gasteiger partial charge in [-0.3, -0.25) is 0 Å². The van der Waals surface area contributed by atoms with Gasteiger partial charge in [-0.05, 0) is 78.9 Å². The molecule has 4 rings (SSSR count). The summed E-state index contributed by atoms with van der Waals surface area (Å²) in [5.74, 6) is 1.70. The summed E-state index contributed by atoms with van der Waals surface area (Å²) in [6.45, 7) is 11.5. The Morgan fingerprint density at radius 3 is 2.23 bits per heavy atom. The number of fused-ring (bicyclic) bond motifs is 5. The molecule has 4 saturated carbocycles. The second-order valence-electron chi connectivity index (χ2n) is 13.1. The zero-order valence-electron chi connectivity index (χ0n) is 20.6. The summed E-state index contributed by atoms with van der Waals surface area (Å²) in [6, 6.07) is 0. The van der Waals surface area contributed by atoms with E-state index in [9.17, 15) is 20.4 Å². The van der Waals surface area contributed by atoms with E-state index in [1.807, 2.05) is 0 Å². The van der Waals surface area contributed by atoms with E-state index < -0.39 is 17.8 Å². The number of rotatable bonds is 5. The fraction of sp³-hybridized carbons (Fsp3) is 1.00. The highest BCUT2D eigenvalue weighted by Crippen LogP contribution is 2.69. The molecule has 4 aliphatic rings. The second-order valence-corrected chi connectivity index (χ2v) is 13.1. The van der Waals surface area contributed by atoms with Gasteiger partial charge in [0, 0.05) is 12.3 Å². The Bertz CT molecular complexity index is 651. The Balaban J connectivity index is 1.60. The van der Waals surface area contributed by atoms with Crippen molar-refractivity contribution in [2.75, 3.05) is 0 Å². The zero-order valence-corrected chi connectivity index (χ0v) is 20.6. The lowest BCUT2D eigenvalue weighted by molar-refractivity contribution is -0.263. The van der Waals surface area contributed by atoms with Gasteiger partial charge in [0.15, 0.2) is 0 Å². The van der Waals surface area contributed by atoms with Crippen LogP contribution in [0.2, 0.25) is 0 Å². The minimum atomic E-state index is -1.01. The van der Waals surface area contributed by atoms with Crippen LogP contribution < -0.4 is 0 Å². The average Bonchev–Trinajstić information content (AvgIpc) is 2.94. The third-order valence-corrected chi connectivity index (χ3v) is 10.9. The topological polar surface area (TPSA) is 80.9 Å². The lowest BCUT2D eigenvalue weighted by atomic mass is 9.42. The molecule has 0 radical (unpaired) electrons. The number of hydrogen-bond acceptors (Lipinski definition) is 4. The van der Waals surface area contributed by atoms with Crippen molar-refractivity contribution in [3.8, 4) is 0 Å². The molecular weight excluding hydrogens is 388 g/mol. The Hall–Kier alpha value is -0.160. The predicted molar refractivity (Wildman–Crippen MR) is 123 cm³/mol. The molecule has 0 aromatic rings. The lowest BCUT2D eigenvalue weighted by Crippen LogP contribution is -2.68. The van der Waals surface area contributed by atoms with E-state index in [-0.39, 0.29) is 34.7 Å². The lowest BCUT2D eigenvalue weighted by Gasteiger charge is -2.66. The highest BCUT2D eigenvalue weighted by molar-refractivity contribution is 5.20. The standard InChI is InChI=1S/C27H48O4/c1-16(2)7-6-8-17(3)19-14-21(29)24-26(19,5)12-10-23-25(4)11-9-18(28)13-20(25)22(30)15-27(23,24)31/h16-24,28-31H,6-15H2,1-5H3/t17-,18+,19-,20?,21+,22-,23-,24-,25+,26-,27+/m1/s1. The molecule has 0 saturated heterocycles. The second kappa shape index (κ2) is 8.25. The van der Waals surface area contributed by atoms with Crippen molar-refractivity contribution in [3.05, 3.63) is 0 Å². The molecule has 4 N–H and O–H groups in total. The summed E-state index contributed by atoms with van der Waals surface area (Å²) < 4.78 is 0. The van der Waals surface area contributed by atoms with Crippen molar-refractivity contribution in [3.63, 3.8) is 0 Å². The van der Waals surface area contributed by atoms with Crippen molar-refractivity contribution >= 4 is 0 Å². The molecule has 0 spiro atoms. The fourth-order valence-electron chi connectivity index (χ4n) is 9.45. The van der Waals surface area contributed by atoms with Gasteiger partial charge in [0.2, 0.25) is 0 Å². The quantitative estimate of drug-likeness (QED) is 0.511. The summed E-state index contributed by atoms with van der Waals surface area (Å²) in [6.07, 6.45) is 7.70. The van der Waals surface area contributed by atoms with Gasteiger partial charge in [-0.25, -0.2) is 0 Å². The first-order valence-electron chi connectivity index (χ1n) is 13.2. The Morgan fingerprint density at radius 1 is 0.871 bits per heavy atom. The van der Waals surface area contributed by atoms with Crippen molar-refractivity contribution < 1.29 is 20.4 Å². The molecule has 1 unspecified atom stereocenters. The van der Waals surface area contributed by atoms with Gasteiger partial charge < -0.3 is 20.4 Å². The summed E-state index contributed by atoms with van der Waals surface area (Å²) in [5.41, 5.74) is -1.24. The van der Waals surface area contributed by atoms with Crippen molar-refractivity contribution in [2.24, 2.45) is 46.3 Å². The molecule has 4 nitrogen and oxygen atoms in total. The van der Waals surface area contributed by atoms with Gasteiger partial charge >= 0.3 is 0 Å². The summed E-state index contributed by atoms with van der Waals surface area (Å²) in [7, 11) is 0. The smallest absolute Gasteiger partial charge is 0.0763 e. The molecule has 11 atom stereocenters. The number of hydrogen-bond donors (Lipinski definition) is 4. The summed E-state index contributed by atoms with van der Waals surface area (Å²) in [4.78, 5) is 0. The molecule has 0 aliphatic heterocycles. The third kappa shape index (κ3) is 3.72. The first-order chi connectivity index (χ1) is 14.4. The number of aliphatic hydroxyl groups is 4. The molecule has 4 heteroatoms. The Kier molecular flexibility index (Phi) is 6.38. The maximum Gasteiger partial charge on any atom is 0.0763 e. The van der Waals surface area contributed by atoms with Crippen LogP contribution in [-0.2, 0) is 0 Å². The SMILES string of the molecule is CC(C)CCC[C@@H](C)[C@H]1C[C@H](O)[C@@H]2[C@]1(C)CC[C@H]1[C@@]2(O)C[C@@H](O)C2C[C@@H](O)CC[C@@]21C. The van der Waals surface area contributed by atoms with Crippen LogP contribution in [0.25, 0.3) is 0 Å². The van der Waals surface area contributed by atoms with Crippen LogP contribution in [0.15, 0.2) is 0 Å². The van der Waals surface area contributed by atoms with Crippen LogP contribution in [0.1, 0.15) is 98.8 Å². The molecular formula is C27H48O4. The largest absolute Gasteiger partial charge is 0.393 e. The zero-order chi connectivity index (χ0) is 22.8. The molecule has 0 heterocycles. The maximum absolute atomic E-state index is 12.3. The van der Waals surface area contributed by atoms with Crippen molar-refractivity contribution in [1.29, 1.82) is 0 Å². The minimum absolute atomic E-state index is 0.0511. The molecule has 0 amide bonds. The summed E-state index contributed by atoms with van der Waals surface area (Å²) in [5, 5.41) is 45.1. The Labute approximate surface area is 189 Å². The number of aliphatic hydroxyl groups excluding tert-OH is 3. The van der Waals surface area contributed by atoms with Crippen molar-refractivity contribution in [1.82, 2.24) is 0 Å². The highest BCUT2D eigenvalue weighted by Gasteiger charge is 2.70. The molecule has 0 aromatic carbocycles. The van der Waals surface area contributed by atoms with Crippen LogP contribution >= 0.6 is 0 Å². The molecule has 0 bridgehead atoms. The molecule has 0 aromatic heterocycles. The van der Waals surface area contributed by atoms with Gasteiger partial charge in [-0.15, -0.1) is 0 Å². The van der Waals surface area contributed by atoms with Crippen LogP contribution in [-0.4, -0.2) is 44.3 Å². The Morgan fingerprint density at radius 2 is 1.55 bits per heavy atom. The van der Waals surface area contributed by atoms with Crippen LogP contribution in [0.4, 0.5) is 0 Å². The van der Waals surface area contributed by atoms with E-state index >= 15 is 0 Å². The average molecular weight is 437 g/mol. The van der Waals surface area contributed by atoms with Gasteiger partial charge in [-0.1, -0.05) is 53.9 Å². The monoisotopic (exact) mass is 436 g/mol. The third-order valence-electron chi connectivity index (χ3n) is 10.9. The molecule has 31 heavy (non-hydrogen) atoms. The molecule has 4 aliphatic carbocycles. The first-order valence-corrected chi connectivity index (χ1v) is 13.2. The molecule has 4 fully saturated rings. The van der Waals surface area contributed by atoms with Gasteiger partial charge in [0.05, 0.1) is 23.9 Å². The van der Waals surface area contributed by atoms with Gasteiger partial charge in [0.1, 0.15) is 0 Å². The normalized spacial score (nSPS) is 53.0. The van der Waals surface area contributed by atoms with E-state index in [1.165, 1.54) is 19.3 Å². The van der Waals surface area contributed by atoms with E-state index in [2.05, 4.69) is 34.6 Å². The van der Waals surface area contributed by atoms with Gasteiger partial charge in [-0.2, -0.15) is 0 Å². The highest BCUT2D eigenvalue weighted by atomic mass is 16.3. The fourth-order valence-corrected chi connectivity index (χ4v) is 9.45. The first kappa shape index (κ1) is 24.0. The van der Waals surface area contributed by atoms with Crippen LogP contribution in [0.3, 0.4) is 0 Å². The minimum Gasteiger partial charge on any atom is -0.393 e. The van der Waals surface area contributed by atoms with E-state index in [0.29, 0.717) is 24.7 Å². The predicted octanol–water partition coefficient (Wildman–Crippen LogP) is 4.53.